The molecule has 1 aromatic carbocycles. The van der Waals surface area contributed by atoms with Crippen molar-refractivity contribution in [2.75, 3.05) is 19.6 Å². The van der Waals surface area contributed by atoms with Crippen molar-refractivity contribution >= 4 is 5.96 Å². The number of likely N-dealkylation sites (tertiary alicyclic amines) is 1. The van der Waals surface area contributed by atoms with Crippen LogP contribution in [0.25, 0.3) is 0 Å². The smallest absolute Gasteiger partial charge is 0.406 e. The monoisotopic (exact) mass is 372 g/mol. The second-order valence-electron chi connectivity index (χ2n) is 6.55. The zero-order valence-corrected chi connectivity index (χ0v) is 15.1. The number of rotatable bonds is 7. The number of alkyl halides is 3. The summed E-state index contributed by atoms with van der Waals surface area (Å²) in [6, 6.07) is 6.26. The normalized spacial score (nSPS) is 19.4. The molecule has 1 saturated heterocycles. The molecule has 26 heavy (non-hydrogen) atoms. The van der Waals surface area contributed by atoms with Crippen LogP contribution in [0.1, 0.15) is 38.2 Å². The number of ether oxygens (including phenoxy) is 1. The Bertz CT molecular complexity index is 575. The lowest BCUT2D eigenvalue weighted by Gasteiger charge is -2.33. The van der Waals surface area contributed by atoms with Gasteiger partial charge in [0.05, 0.1) is 6.54 Å². The minimum Gasteiger partial charge on any atom is -0.406 e. The number of benzene rings is 1. The van der Waals surface area contributed by atoms with Crippen LogP contribution in [-0.4, -0.2) is 42.9 Å². The number of guanidine groups is 1. The van der Waals surface area contributed by atoms with Crippen molar-refractivity contribution in [3.05, 3.63) is 29.8 Å². The fourth-order valence-corrected chi connectivity index (χ4v) is 3.02. The maximum Gasteiger partial charge on any atom is 0.573 e. The van der Waals surface area contributed by atoms with Gasteiger partial charge in [-0.3, -0.25) is 0 Å². The quantitative estimate of drug-likeness (QED) is 0.438. The Morgan fingerprint density at radius 3 is 2.69 bits per heavy atom. The van der Waals surface area contributed by atoms with E-state index in [4.69, 9.17) is 5.73 Å². The van der Waals surface area contributed by atoms with Gasteiger partial charge in [-0.2, -0.15) is 0 Å². The number of nitrogens with two attached hydrogens (primary N) is 1. The summed E-state index contributed by atoms with van der Waals surface area (Å²) >= 11 is 0. The van der Waals surface area contributed by atoms with Gasteiger partial charge in [-0.05, 0) is 50.4 Å². The number of halogens is 3. The third kappa shape index (κ3) is 7.51. The van der Waals surface area contributed by atoms with Crippen LogP contribution in [0.15, 0.2) is 29.3 Å². The summed E-state index contributed by atoms with van der Waals surface area (Å²) in [5.74, 6) is 0.0931. The van der Waals surface area contributed by atoms with Crippen molar-refractivity contribution < 1.29 is 17.9 Å². The molecule has 8 heteroatoms. The second kappa shape index (κ2) is 9.66. The average Bonchev–Trinajstić information content (AvgIpc) is 2.58. The summed E-state index contributed by atoms with van der Waals surface area (Å²) in [7, 11) is 0. The van der Waals surface area contributed by atoms with Crippen LogP contribution in [0.5, 0.6) is 5.75 Å². The molecule has 0 bridgehead atoms. The van der Waals surface area contributed by atoms with E-state index >= 15 is 0 Å². The van der Waals surface area contributed by atoms with Crippen LogP contribution in [0.2, 0.25) is 0 Å². The van der Waals surface area contributed by atoms with E-state index in [2.05, 4.69) is 26.9 Å². The highest BCUT2D eigenvalue weighted by Crippen LogP contribution is 2.22. The summed E-state index contributed by atoms with van der Waals surface area (Å²) in [5.41, 5.74) is 6.59. The molecule has 1 aromatic rings. The zero-order valence-electron chi connectivity index (χ0n) is 15.1. The van der Waals surface area contributed by atoms with E-state index in [-0.39, 0.29) is 5.75 Å². The molecule has 1 aliphatic heterocycles. The van der Waals surface area contributed by atoms with Gasteiger partial charge in [0.2, 0.25) is 0 Å². The summed E-state index contributed by atoms with van der Waals surface area (Å²) in [6.07, 6.45) is 0.168. The first-order valence-corrected chi connectivity index (χ1v) is 8.96. The zero-order chi connectivity index (χ0) is 19.0. The van der Waals surface area contributed by atoms with Crippen molar-refractivity contribution in [1.82, 2.24) is 10.2 Å². The molecule has 5 nitrogen and oxygen atoms in total. The molecular formula is C18H27F3N4O. The first-order valence-electron chi connectivity index (χ1n) is 8.96. The number of hydrogen-bond donors (Lipinski definition) is 2. The third-order valence-electron chi connectivity index (χ3n) is 4.46. The molecule has 1 atom stereocenters. The van der Waals surface area contributed by atoms with Crippen molar-refractivity contribution in [3.63, 3.8) is 0 Å². The number of hydrogen-bond acceptors (Lipinski definition) is 3. The molecule has 1 fully saturated rings. The van der Waals surface area contributed by atoms with Gasteiger partial charge < -0.3 is 20.7 Å². The Kier molecular flexibility index (Phi) is 7.56. The van der Waals surface area contributed by atoms with E-state index in [1.165, 1.54) is 50.1 Å². The molecular weight excluding hydrogens is 345 g/mol. The van der Waals surface area contributed by atoms with Crippen molar-refractivity contribution in [2.45, 2.75) is 51.6 Å². The van der Waals surface area contributed by atoms with E-state index in [9.17, 15) is 13.2 Å². The van der Waals surface area contributed by atoms with Crippen LogP contribution in [-0.2, 0) is 6.54 Å². The second-order valence-corrected chi connectivity index (χ2v) is 6.55. The van der Waals surface area contributed by atoms with Gasteiger partial charge in [-0.1, -0.05) is 18.6 Å². The SMILES string of the molecule is CC1CCCCN1CCCNC(N)=NCc1ccc(OC(F)(F)F)cc1. The molecule has 1 aliphatic rings. The first-order chi connectivity index (χ1) is 12.3. The molecule has 2 rings (SSSR count). The highest BCUT2D eigenvalue weighted by Gasteiger charge is 2.30. The Hall–Kier alpha value is -1.96. The number of aliphatic imine (C=N–C) groups is 1. The molecule has 0 aromatic heterocycles. The third-order valence-corrected chi connectivity index (χ3v) is 4.46. The molecule has 0 amide bonds. The highest BCUT2D eigenvalue weighted by atomic mass is 19.4. The van der Waals surface area contributed by atoms with Crippen molar-refractivity contribution in [2.24, 2.45) is 10.7 Å². The van der Waals surface area contributed by atoms with Crippen LogP contribution in [0.3, 0.4) is 0 Å². The molecule has 1 heterocycles. The Labute approximate surface area is 152 Å². The largest absolute Gasteiger partial charge is 0.573 e. The molecule has 0 radical (unpaired) electrons. The van der Waals surface area contributed by atoms with E-state index in [1.54, 1.807) is 0 Å². The molecule has 0 spiro atoms. The Morgan fingerprint density at radius 2 is 2.04 bits per heavy atom. The van der Waals surface area contributed by atoms with Gasteiger partial charge in [-0.25, -0.2) is 4.99 Å². The minimum absolute atomic E-state index is 0.247. The fraction of sp³-hybridized carbons (Fsp3) is 0.611. The maximum absolute atomic E-state index is 12.1. The van der Waals surface area contributed by atoms with Gasteiger partial charge in [0.1, 0.15) is 5.75 Å². The van der Waals surface area contributed by atoms with Crippen LogP contribution >= 0.6 is 0 Å². The lowest BCUT2D eigenvalue weighted by atomic mass is 10.0. The van der Waals surface area contributed by atoms with Crippen LogP contribution in [0.4, 0.5) is 13.2 Å². The lowest BCUT2D eigenvalue weighted by Crippen LogP contribution is -2.40. The topological polar surface area (TPSA) is 62.9 Å². The number of nitrogens with zero attached hydrogens (tertiary/aromatic N) is 2. The van der Waals surface area contributed by atoms with Crippen molar-refractivity contribution in [1.29, 1.82) is 0 Å². The predicted octanol–water partition coefficient (Wildman–Crippen LogP) is 3.25. The van der Waals surface area contributed by atoms with Gasteiger partial charge in [0.25, 0.3) is 0 Å². The standard InChI is InChI=1S/C18H27F3N4O/c1-14-5-2-3-11-25(14)12-4-10-23-17(22)24-13-15-6-8-16(9-7-15)26-18(19,20)21/h6-9,14H,2-5,10-13H2,1H3,(H3,22,23,24). The maximum atomic E-state index is 12.1. The minimum atomic E-state index is -4.68. The van der Waals surface area contributed by atoms with E-state index < -0.39 is 6.36 Å². The van der Waals surface area contributed by atoms with Gasteiger partial charge in [-0.15, -0.1) is 13.2 Å². The summed E-state index contributed by atoms with van der Waals surface area (Å²) < 4.78 is 40.2. The molecule has 0 aliphatic carbocycles. The molecule has 3 N–H and O–H groups in total. The van der Waals surface area contributed by atoms with Crippen molar-refractivity contribution in [3.8, 4) is 5.75 Å². The van der Waals surface area contributed by atoms with Crippen LogP contribution < -0.4 is 15.8 Å². The molecule has 146 valence electrons. The van der Waals surface area contributed by atoms with Gasteiger partial charge in [0, 0.05) is 19.1 Å². The Morgan fingerprint density at radius 1 is 1.31 bits per heavy atom. The lowest BCUT2D eigenvalue weighted by molar-refractivity contribution is -0.274. The number of piperidine rings is 1. The fourth-order valence-electron chi connectivity index (χ4n) is 3.02. The summed E-state index contributed by atoms with van der Waals surface area (Å²) in [6.45, 7) is 5.53. The Balaban J connectivity index is 1.67. The molecule has 0 saturated carbocycles. The molecule has 1 unspecified atom stereocenters. The van der Waals surface area contributed by atoms with Gasteiger partial charge in [0.15, 0.2) is 5.96 Å². The van der Waals surface area contributed by atoms with E-state index in [0.29, 0.717) is 18.5 Å². The van der Waals surface area contributed by atoms with Gasteiger partial charge >= 0.3 is 6.36 Å². The van der Waals surface area contributed by atoms with E-state index in [0.717, 1.165) is 25.1 Å². The average molecular weight is 372 g/mol. The van der Waals surface area contributed by atoms with E-state index in [1.807, 2.05) is 0 Å². The van der Waals surface area contributed by atoms with Crippen LogP contribution in [0, 0.1) is 0 Å². The highest BCUT2D eigenvalue weighted by molar-refractivity contribution is 5.77. The first kappa shape index (κ1) is 20.4. The number of nitrogens with one attached hydrogen (secondary N) is 1. The predicted molar refractivity (Wildman–Crippen MR) is 96.0 cm³/mol. The summed E-state index contributed by atoms with van der Waals surface area (Å²) in [4.78, 5) is 6.71. The summed E-state index contributed by atoms with van der Waals surface area (Å²) in [5, 5.41) is 3.08.